The van der Waals surface area contributed by atoms with Gasteiger partial charge >= 0.3 is 0 Å². The number of likely N-dealkylation sites (tertiary alicyclic amines) is 1. The molecular weight excluding hydrogens is 226 g/mol. The Hall–Kier alpha value is -1.57. The van der Waals surface area contributed by atoms with E-state index in [-0.39, 0.29) is 0 Å². The first-order valence-electron chi connectivity index (χ1n) is 6.39. The maximum Gasteiger partial charge on any atom is 0.119 e. The first kappa shape index (κ1) is 12.9. The molecule has 4 nitrogen and oxygen atoms in total. The van der Waals surface area contributed by atoms with E-state index in [4.69, 9.17) is 15.7 Å². The maximum atomic E-state index is 8.69. The molecule has 96 valence electrons. The molecule has 0 aliphatic carbocycles. The first-order chi connectivity index (χ1) is 8.78. The second-order valence-corrected chi connectivity index (χ2v) is 4.66. The van der Waals surface area contributed by atoms with Gasteiger partial charge in [0.15, 0.2) is 0 Å². The molecule has 2 N–H and O–H groups in total. The molecule has 1 saturated heterocycles. The van der Waals surface area contributed by atoms with Crippen LogP contribution in [0.5, 0.6) is 5.75 Å². The number of nitrogens with two attached hydrogens (primary N) is 1. The van der Waals surface area contributed by atoms with Gasteiger partial charge < -0.3 is 10.5 Å². The van der Waals surface area contributed by atoms with Crippen molar-refractivity contribution >= 4 is 0 Å². The van der Waals surface area contributed by atoms with E-state index < -0.39 is 0 Å². The lowest BCUT2D eigenvalue weighted by Crippen LogP contribution is -2.41. The van der Waals surface area contributed by atoms with Gasteiger partial charge in [-0.1, -0.05) is 0 Å². The van der Waals surface area contributed by atoms with Crippen molar-refractivity contribution in [2.45, 2.75) is 18.9 Å². The topological polar surface area (TPSA) is 62.3 Å². The predicted octanol–water partition coefficient (Wildman–Crippen LogP) is 1.36. The minimum atomic E-state index is 0.376. The average Bonchev–Trinajstić information content (AvgIpc) is 2.42. The number of hydrogen-bond acceptors (Lipinski definition) is 4. The zero-order valence-electron chi connectivity index (χ0n) is 10.5. The van der Waals surface area contributed by atoms with Gasteiger partial charge in [0.25, 0.3) is 0 Å². The van der Waals surface area contributed by atoms with E-state index >= 15 is 0 Å². The SMILES string of the molecule is N#Cc1ccc(OCCN2CCC(N)CC2)cc1. The highest BCUT2D eigenvalue weighted by Crippen LogP contribution is 2.12. The molecule has 1 aliphatic rings. The lowest BCUT2D eigenvalue weighted by Gasteiger charge is -2.29. The summed E-state index contributed by atoms with van der Waals surface area (Å²) in [5, 5.41) is 8.69. The van der Waals surface area contributed by atoms with Crippen molar-refractivity contribution in [1.29, 1.82) is 5.26 Å². The van der Waals surface area contributed by atoms with Crippen LogP contribution in [-0.2, 0) is 0 Å². The second-order valence-electron chi connectivity index (χ2n) is 4.66. The van der Waals surface area contributed by atoms with Crippen LogP contribution in [-0.4, -0.2) is 37.2 Å². The van der Waals surface area contributed by atoms with E-state index in [2.05, 4.69) is 11.0 Å². The molecule has 0 atom stereocenters. The fourth-order valence-electron chi connectivity index (χ4n) is 2.09. The van der Waals surface area contributed by atoms with E-state index in [0.717, 1.165) is 38.2 Å². The highest BCUT2D eigenvalue weighted by Gasteiger charge is 2.15. The molecule has 1 heterocycles. The number of piperidine rings is 1. The summed E-state index contributed by atoms with van der Waals surface area (Å²) in [4.78, 5) is 2.38. The Balaban J connectivity index is 1.70. The Morgan fingerprint density at radius 1 is 1.28 bits per heavy atom. The molecule has 0 amide bonds. The molecule has 18 heavy (non-hydrogen) atoms. The summed E-state index contributed by atoms with van der Waals surface area (Å²) in [6.45, 7) is 3.75. The van der Waals surface area contributed by atoms with Gasteiger partial charge in [0.2, 0.25) is 0 Å². The summed E-state index contributed by atoms with van der Waals surface area (Å²) in [6, 6.07) is 9.69. The van der Waals surface area contributed by atoms with Crippen LogP contribution in [0.2, 0.25) is 0 Å². The van der Waals surface area contributed by atoms with Crippen LogP contribution in [0.15, 0.2) is 24.3 Å². The van der Waals surface area contributed by atoms with E-state index in [0.29, 0.717) is 18.2 Å². The van der Waals surface area contributed by atoms with Crippen LogP contribution < -0.4 is 10.5 Å². The Bertz CT molecular complexity index is 402. The Morgan fingerprint density at radius 3 is 2.56 bits per heavy atom. The van der Waals surface area contributed by atoms with Gasteiger partial charge in [-0.3, -0.25) is 4.90 Å². The lowest BCUT2D eigenvalue weighted by atomic mass is 10.1. The molecule has 1 aromatic carbocycles. The monoisotopic (exact) mass is 245 g/mol. The molecule has 1 fully saturated rings. The van der Waals surface area contributed by atoms with Gasteiger partial charge in [-0.2, -0.15) is 5.26 Å². The Kier molecular flexibility index (Phi) is 4.57. The quantitative estimate of drug-likeness (QED) is 0.870. The van der Waals surface area contributed by atoms with Crippen LogP contribution in [0.25, 0.3) is 0 Å². The zero-order valence-corrected chi connectivity index (χ0v) is 10.5. The van der Waals surface area contributed by atoms with E-state index in [1.807, 2.05) is 12.1 Å². The summed E-state index contributed by atoms with van der Waals surface area (Å²) >= 11 is 0. The Morgan fingerprint density at radius 2 is 1.94 bits per heavy atom. The molecule has 1 aliphatic heterocycles. The molecule has 0 unspecified atom stereocenters. The lowest BCUT2D eigenvalue weighted by molar-refractivity contribution is 0.174. The van der Waals surface area contributed by atoms with Crippen molar-refractivity contribution < 1.29 is 4.74 Å². The molecule has 4 heteroatoms. The summed E-state index contributed by atoms with van der Waals surface area (Å²) in [7, 11) is 0. The van der Waals surface area contributed by atoms with Crippen molar-refractivity contribution in [1.82, 2.24) is 4.90 Å². The van der Waals surface area contributed by atoms with E-state index in [1.54, 1.807) is 12.1 Å². The molecule has 1 aromatic rings. The smallest absolute Gasteiger partial charge is 0.119 e. The molecular formula is C14H19N3O. The summed E-state index contributed by atoms with van der Waals surface area (Å²) < 4.78 is 5.65. The molecule has 0 bridgehead atoms. The summed E-state index contributed by atoms with van der Waals surface area (Å²) in [5.41, 5.74) is 6.52. The highest BCUT2D eigenvalue weighted by atomic mass is 16.5. The van der Waals surface area contributed by atoms with Gasteiger partial charge in [-0.05, 0) is 50.2 Å². The standard InChI is InChI=1S/C14H19N3O/c15-11-12-1-3-14(4-2-12)18-10-9-17-7-5-13(16)6-8-17/h1-4,13H,5-10,16H2. The van der Waals surface area contributed by atoms with Crippen LogP contribution in [0, 0.1) is 11.3 Å². The third kappa shape index (κ3) is 3.73. The van der Waals surface area contributed by atoms with Gasteiger partial charge in [-0.15, -0.1) is 0 Å². The normalized spacial score (nSPS) is 17.3. The Labute approximate surface area is 108 Å². The highest BCUT2D eigenvalue weighted by molar-refractivity contribution is 5.34. The predicted molar refractivity (Wildman–Crippen MR) is 70.3 cm³/mol. The van der Waals surface area contributed by atoms with Gasteiger partial charge in [0.05, 0.1) is 11.6 Å². The van der Waals surface area contributed by atoms with Crippen molar-refractivity contribution in [2.24, 2.45) is 5.73 Å². The minimum absolute atomic E-state index is 0.376. The van der Waals surface area contributed by atoms with Crippen molar-refractivity contribution in [3.63, 3.8) is 0 Å². The first-order valence-corrected chi connectivity index (χ1v) is 6.39. The largest absolute Gasteiger partial charge is 0.492 e. The number of rotatable bonds is 4. The number of nitrogens with zero attached hydrogens (tertiary/aromatic N) is 2. The molecule has 0 radical (unpaired) electrons. The van der Waals surface area contributed by atoms with Gasteiger partial charge in [0.1, 0.15) is 12.4 Å². The minimum Gasteiger partial charge on any atom is -0.492 e. The second kappa shape index (κ2) is 6.39. The van der Waals surface area contributed by atoms with Crippen LogP contribution in [0.3, 0.4) is 0 Å². The molecule has 0 aromatic heterocycles. The number of benzene rings is 1. The van der Waals surface area contributed by atoms with Crippen LogP contribution in [0.1, 0.15) is 18.4 Å². The molecule has 2 rings (SSSR count). The zero-order chi connectivity index (χ0) is 12.8. The molecule has 0 spiro atoms. The maximum absolute atomic E-state index is 8.69. The van der Waals surface area contributed by atoms with E-state index in [9.17, 15) is 0 Å². The van der Waals surface area contributed by atoms with Gasteiger partial charge in [-0.25, -0.2) is 0 Å². The van der Waals surface area contributed by atoms with Gasteiger partial charge in [0, 0.05) is 12.6 Å². The number of ether oxygens (including phenoxy) is 1. The van der Waals surface area contributed by atoms with Crippen molar-refractivity contribution in [3.05, 3.63) is 29.8 Å². The van der Waals surface area contributed by atoms with Crippen molar-refractivity contribution in [3.8, 4) is 11.8 Å². The average molecular weight is 245 g/mol. The number of nitriles is 1. The fourth-order valence-corrected chi connectivity index (χ4v) is 2.09. The summed E-state index contributed by atoms with van der Waals surface area (Å²) in [6.07, 6.45) is 2.16. The van der Waals surface area contributed by atoms with Crippen LogP contribution >= 0.6 is 0 Å². The van der Waals surface area contributed by atoms with Crippen LogP contribution in [0.4, 0.5) is 0 Å². The third-order valence-corrected chi connectivity index (χ3v) is 3.29. The summed E-state index contributed by atoms with van der Waals surface area (Å²) in [5.74, 6) is 0.822. The van der Waals surface area contributed by atoms with Crippen molar-refractivity contribution in [2.75, 3.05) is 26.2 Å². The third-order valence-electron chi connectivity index (χ3n) is 3.29. The molecule has 0 saturated carbocycles. The fraction of sp³-hybridized carbons (Fsp3) is 0.500. The number of hydrogen-bond donors (Lipinski definition) is 1. The van der Waals surface area contributed by atoms with E-state index in [1.165, 1.54) is 0 Å².